The second-order valence-corrected chi connectivity index (χ2v) is 2.34. The van der Waals surface area contributed by atoms with Crippen molar-refractivity contribution in [2.24, 2.45) is 5.73 Å². The third kappa shape index (κ3) is 2.50. The number of nitrogens with two attached hydrogens (primary N) is 1. The Bertz CT molecular complexity index is 330. The van der Waals surface area contributed by atoms with Crippen LogP contribution in [-0.4, -0.2) is 25.0 Å². The Kier molecular flexibility index (Phi) is 4.72. The third-order valence-electron chi connectivity index (χ3n) is 1.54. The molecule has 6 heteroatoms. The number of methoxy groups -OCH3 is 2. The third-order valence-corrected chi connectivity index (χ3v) is 1.54. The number of hydrogen-bond donors (Lipinski definition) is 2. The molecule has 0 aliphatic rings. The molecule has 0 saturated carbocycles. The molecule has 0 atom stereocenters. The van der Waals surface area contributed by atoms with Crippen LogP contribution in [0.4, 0.5) is 0 Å². The van der Waals surface area contributed by atoms with E-state index in [1.54, 1.807) is 6.07 Å². The van der Waals surface area contributed by atoms with Crippen LogP contribution in [0.2, 0.25) is 0 Å². The molecule has 1 aromatic rings. The molecule has 1 heterocycles. The number of ether oxygens (including phenoxy) is 2. The van der Waals surface area contributed by atoms with Crippen molar-refractivity contribution in [3.8, 4) is 11.5 Å². The first-order valence-corrected chi connectivity index (χ1v) is 3.61. The van der Waals surface area contributed by atoms with Gasteiger partial charge in [-0.2, -0.15) is 0 Å². The van der Waals surface area contributed by atoms with Crippen LogP contribution in [0.3, 0.4) is 0 Å². The molecule has 1 rings (SSSR count). The summed E-state index contributed by atoms with van der Waals surface area (Å²) in [5.74, 6) is 0.883. The van der Waals surface area contributed by atoms with E-state index in [4.69, 9.17) is 20.6 Å². The average molecular weight is 218 g/mol. The van der Waals surface area contributed by atoms with Gasteiger partial charge in [0.1, 0.15) is 17.3 Å². The summed E-state index contributed by atoms with van der Waals surface area (Å²) in [5.41, 5.74) is 5.60. The molecule has 1 aromatic heterocycles. The molecule has 0 spiro atoms. The summed E-state index contributed by atoms with van der Waals surface area (Å²) in [7, 11) is 3.02. The highest BCUT2D eigenvalue weighted by Crippen LogP contribution is 2.21. The predicted octanol–water partition coefficient (Wildman–Crippen LogP) is 0.805. The van der Waals surface area contributed by atoms with E-state index in [1.165, 1.54) is 20.4 Å². The second kappa shape index (κ2) is 5.29. The summed E-state index contributed by atoms with van der Waals surface area (Å²) in [6, 6.07) is 1.63. The molecular formula is C8H12ClN3O2. The molecule has 14 heavy (non-hydrogen) atoms. The maximum atomic E-state index is 7.20. The van der Waals surface area contributed by atoms with Gasteiger partial charge in [-0.05, 0) is 0 Å². The zero-order chi connectivity index (χ0) is 9.84. The molecule has 78 valence electrons. The van der Waals surface area contributed by atoms with Gasteiger partial charge in [-0.3, -0.25) is 5.41 Å². The number of amidine groups is 1. The van der Waals surface area contributed by atoms with Crippen LogP contribution < -0.4 is 15.2 Å². The number of nitrogens with zero attached hydrogens (tertiary/aromatic N) is 1. The largest absolute Gasteiger partial charge is 0.495 e. The van der Waals surface area contributed by atoms with E-state index in [0.29, 0.717) is 17.2 Å². The molecule has 0 aromatic carbocycles. The van der Waals surface area contributed by atoms with Crippen molar-refractivity contribution in [2.75, 3.05) is 14.2 Å². The Balaban J connectivity index is 0.00000169. The lowest BCUT2D eigenvalue weighted by molar-refractivity contribution is 0.390. The number of nitrogen functional groups attached to an aromatic ring is 1. The van der Waals surface area contributed by atoms with Crippen LogP contribution in [0.15, 0.2) is 12.3 Å². The minimum atomic E-state index is -0.125. The van der Waals surface area contributed by atoms with Gasteiger partial charge >= 0.3 is 0 Å². The number of rotatable bonds is 3. The van der Waals surface area contributed by atoms with E-state index >= 15 is 0 Å². The van der Waals surface area contributed by atoms with Crippen LogP contribution in [0, 0.1) is 5.41 Å². The highest BCUT2D eigenvalue weighted by Gasteiger charge is 2.08. The summed E-state index contributed by atoms with van der Waals surface area (Å²) in [6.45, 7) is 0. The number of aromatic nitrogens is 1. The highest BCUT2D eigenvalue weighted by molar-refractivity contribution is 5.95. The van der Waals surface area contributed by atoms with Crippen LogP contribution in [-0.2, 0) is 0 Å². The fourth-order valence-electron chi connectivity index (χ4n) is 0.896. The summed E-state index contributed by atoms with van der Waals surface area (Å²) in [4.78, 5) is 3.92. The van der Waals surface area contributed by atoms with Crippen molar-refractivity contribution >= 4 is 18.2 Å². The average Bonchev–Trinajstić information content (AvgIpc) is 2.16. The number of hydrogen-bond acceptors (Lipinski definition) is 4. The van der Waals surface area contributed by atoms with Crippen molar-refractivity contribution in [2.45, 2.75) is 0 Å². The fraction of sp³-hybridized carbons (Fsp3) is 0.250. The summed E-state index contributed by atoms with van der Waals surface area (Å²) < 4.78 is 9.92. The van der Waals surface area contributed by atoms with Gasteiger partial charge < -0.3 is 15.2 Å². The van der Waals surface area contributed by atoms with Crippen molar-refractivity contribution in [1.82, 2.24) is 4.98 Å². The molecule has 5 nitrogen and oxygen atoms in total. The van der Waals surface area contributed by atoms with Gasteiger partial charge in [-0.15, -0.1) is 12.4 Å². The van der Waals surface area contributed by atoms with Crippen LogP contribution in [0.25, 0.3) is 0 Å². The summed E-state index contributed by atoms with van der Waals surface area (Å²) in [5, 5.41) is 7.20. The monoisotopic (exact) mass is 217 g/mol. The molecule has 0 amide bonds. The first kappa shape index (κ1) is 12.5. The minimum absolute atomic E-state index is 0. The van der Waals surface area contributed by atoms with E-state index in [0.717, 1.165) is 0 Å². The maximum absolute atomic E-state index is 7.20. The molecule has 0 aliphatic heterocycles. The van der Waals surface area contributed by atoms with Gasteiger partial charge in [0.15, 0.2) is 5.75 Å². The molecule has 3 N–H and O–H groups in total. The SMILES string of the molecule is COc1cnc(C(=N)N)c(OC)c1.Cl. The van der Waals surface area contributed by atoms with Crippen molar-refractivity contribution in [3.63, 3.8) is 0 Å². The lowest BCUT2D eigenvalue weighted by atomic mass is 10.3. The van der Waals surface area contributed by atoms with E-state index in [1.807, 2.05) is 0 Å². The van der Waals surface area contributed by atoms with Crippen LogP contribution >= 0.6 is 12.4 Å². The Labute approximate surface area is 88.2 Å². The summed E-state index contributed by atoms with van der Waals surface area (Å²) in [6.07, 6.45) is 1.49. The smallest absolute Gasteiger partial charge is 0.151 e. The van der Waals surface area contributed by atoms with Gasteiger partial charge in [0.05, 0.1) is 20.4 Å². The van der Waals surface area contributed by atoms with E-state index in [-0.39, 0.29) is 18.2 Å². The Morgan fingerprint density at radius 3 is 2.50 bits per heavy atom. The van der Waals surface area contributed by atoms with Crippen molar-refractivity contribution < 1.29 is 9.47 Å². The normalized spacial score (nSPS) is 8.71. The highest BCUT2D eigenvalue weighted by atomic mass is 35.5. The number of halogens is 1. The van der Waals surface area contributed by atoms with E-state index < -0.39 is 0 Å². The maximum Gasteiger partial charge on any atom is 0.151 e. The Morgan fingerprint density at radius 2 is 2.07 bits per heavy atom. The Morgan fingerprint density at radius 1 is 1.43 bits per heavy atom. The van der Waals surface area contributed by atoms with Gasteiger partial charge in [-0.25, -0.2) is 4.98 Å². The van der Waals surface area contributed by atoms with Crippen LogP contribution in [0.1, 0.15) is 5.69 Å². The molecule has 0 saturated heterocycles. The number of pyridine rings is 1. The van der Waals surface area contributed by atoms with Crippen molar-refractivity contribution in [3.05, 3.63) is 18.0 Å². The van der Waals surface area contributed by atoms with Gasteiger partial charge in [0, 0.05) is 6.07 Å². The predicted molar refractivity (Wildman–Crippen MR) is 55.6 cm³/mol. The topological polar surface area (TPSA) is 81.2 Å². The molecule has 0 fully saturated rings. The number of nitrogens with one attached hydrogen (secondary N) is 1. The van der Waals surface area contributed by atoms with Gasteiger partial charge in [0.2, 0.25) is 0 Å². The van der Waals surface area contributed by atoms with Crippen LogP contribution in [0.5, 0.6) is 11.5 Å². The molecule has 0 aliphatic carbocycles. The van der Waals surface area contributed by atoms with E-state index in [2.05, 4.69) is 4.98 Å². The summed E-state index contributed by atoms with van der Waals surface area (Å²) >= 11 is 0. The molecule has 0 radical (unpaired) electrons. The molecule has 0 unspecified atom stereocenters. The lowest BCUT2D eigenvalue weighted by Gasteiger charge is -2.07. The zero-order valence-corrected chi connectivity index (χ0v) is 8.72. The minimum Gasteiger partial charge on any atom is -0.495 e. The van der Waals surface area contributed by atoms with Crippen molar-refractivity contribution in [1.29, 1.82) is 5.41 Å². The van der Waals surface area contributed by atoms with Gasteiger partial charge in [-0.1, -0.05) is 0 Å². The fourth-order valence-corrected chi connectivity index (χ4v) is 0.896. The first-order valence-electron chi connectivity index (χ1n) is 3.61. The van der Waals surface area contributed by atoms with Gasteiger partial charge in [0.25, 0.3) is 0 Å². The quantitative estimate of drug-likeness (QED) is 0.580. The standard InChI is InChI=1S/C8H11N3O2.ClH/c1-12-5-3-6(13-2)7(8(9)10)11-4-5;/h3-4H,1-2H3,(H3,9,10);1H. The second-order valence-electron chi connectivity index (χ2n) is 2.34. The zero-order valence-electron chi connectivity index (χ0n) is 7.90. The lowest BCUT2D eigenvalue weighted by Crippen LogP contribution is -2.14. The van der Waals surface area contributed by atoms with E-state index in [9.17, 15) is 0 Å². The molecular weight excluding hydrogens is 206 g/mol. The Hall–Kier alpha value is -1.49. The molecule has 0 bridgehead atoms. The first-order chi connectivity index (χ1) is 6.19.